The molecule has 0 aliphatic carbocycles. The number of benzene rings is 1. The Bertz CT molecular complexity index is 685. The molecule has 29 heavy (non-hydrogen) atoms. The molecule has 2 fully saturated rings. The van der Waals surface area contributed by atoms with Gasteiger partial charge in [-0.25, -0.2) is 4.39 Å². The van der Waals surface area contributed by atoms with Gasteiger partial charge in [0, 0.05) is 64.0 Å². The number of carbonyl (C=O) groups excluding carboxylic acids is 2. The Labute approximate surface area is 173 Å². The standard InChI is InChI=1S/C22H33FN4O2/c1-3-19(4-2)27-16-17(15-21(27)28)22(29)24-9-10-25-11-13-26(14-12-25)20-7-5-18(23)6-8-20/h5-8,17,19H,3-4,9-16H2,1-2H3,(H,24,29). The topological polar surface area (TPSA) is 55.9 Å². The van der Waals surface area contributed by atoms with Crippen molar-refractivity contribution in [3.63, 3.8) is 0 Å². The molecule has 2 saturated heterocycles. The SMILES string of the molecule is CCC(CC)N1CC(C(=O)NCCN2CCN(c3ccc(F)cc3)CC2)CC1=O. The van der Waals surface area contributed by atoms with E-state index in [1.54, 1.807) is 0 Å². The van der Waals surface area contributed by atoms with Crippen LogP contribution < -0.4 is 10.2 Å². The Morgan fingerprint density at radius 1 is 1.14 bits per heavy atom. The summed E-state index contributed by atoms with van der Waals surface area (Å²) in [6, 6.07) is 6.88. The van der Waals surface area contributed by atoms with E-state index in [9.17, 15) is 14.0 Å². The minimum atomic E-state index is -0.224. The number of carbonyl (C=O) groups is 2. The molecule has 1 unspecified atom stereocenters. The molecule has 160 valence electrons. The zero-order valence-corrected chi connectivity index (χ0v) is 17.6. The molecule has 6 nitrogen and oxygen atoms in total. The predicted octanol–water partition coefficient (Wildman–Crippen LogP) is 2.10. The van der Waals surface area contributed by atoms with E-state index in [2.05, 4.69) is 29.0 Å². The first-order valence-corrected chi connectivity index (χ1v) is 10.8. The molecule has 2 heterocycles. The highest BCUT2D eigenvalue weighted by Gasteiger charge is 2.36. The molecule has 1 atom stereocenters. The molecular formula is C22H33FN4O2. The van der Waals surface area contributed by atoms with Crippen molar-refractivity contribution in [2.24, 2.45) is 5.92 Å². The largest absolute Gasteiger partial charge is 0.369 e. The van der Waals surface area contributed by atoms with E-state index in [-0.39, 0.29) is 29.6 Å². The van der Waals surface area contributed by atoms with Crippen LogP contribution in [-0.2, 0) is 9.59 Å². The molecule has 1 aromatic carbocycles. The normalized spacial score (nSPS) is 20.6. The maximum Gasteiger partial charge on any atom is 0.225 e. The van der Waals surface area contributed by atoms with Gasteiger partial charge in [-0.1, -0.05) is 13.8 Å². The Balaban J connectivity index is 1.37. The predicted molar refractivity (Wildman–Crippen MR) is 112 cm³/mol. The van der Waals surface area contributed by atoms with Crippen LogP contribution in [0.4, 0.5) is 10.1 Å². The number of halogens is 1. The summed E-state index contributed by atoms with van der Waals surface area (Å²) in [6.45, 7) is 9.74. The molecule has 0 aromatic heterocycles. The van der Waals surface area contributed by atoms with Crippen molar-refractivity contribution >= 4 is 17.5 Å². The van der Waals surface area contributed by atoms with Crippen molar-refractivity contribution in [1.82, 2.24) is 15.1 Å². The number of nitrogens with one attached hydrogen (secondary N) is 1. The van der Waals surface area contributed by atoms with Crippen LogP contribution in [0.2, 0.25) is 0 Å². The van der Waals surface area contributed by atoms with Gasteiger partial charge in [0.1, 0.15) is 5.82 Å². The van der Waals surface area contributed by atoms with Crippen molar-refractivity contribution in [2.75, 3.05) is 50.7 Å². The zero-order chi connectivity index (χ0) is 20.8. The first-order valence-electron chi connectivity index (χ1n) is 10.8. The summed E-state index contributed by atoms with van der Waals surface area (Å²) in [5.74, 6) is -0.332. The lowest BCUT2D eigenvalue weighted by molar-refractivity contribution is -0.130. The van der Waals surface area contributed by atoms with Crippen molar-refractivity contribution in [3.05, 3.63) is 30.1 Å². The van der Waals surface area contributed by atoms with E-state index >= 15 is 0 Å². The van der Waals surface area contributed by atoms with Crippen LogP contribution in [0, 0.1) is 11.7 Å². The average molecular weight is 405 g/mol. The van der Waals surface area contributed by atoms with Gasteiger partial charge < -0.3 is 15.1 Å². The van der Waals surface area contributed by atoms with E-state index < -0.39 is 0 Å². The minimum absolute atomic E-state index is 0.00301. The van der Waals surface area contributed by atoms with Crippen LogP contribution in [0.1, 0.15) is 33.1 Å². The molecule has 2 aliphatic heterocycles. The van der Waals surface area contributed by atoms with E-state index in [0.29, 0.717) is 19.5 Å². The number of likely N-dealkylation sites (tertiary alicyclic amines) is 1. The van der Waals surface area contributed by atoms with Crippen LogP contribution in [0.15, 0.2) is 24.3 Å². The average Bonchev–Trinajstić information content (AvgIpc) is 3.12. The number of piperazine rings is 1. The number of rotatable bonds is 8. The fourth-order valence-corrected chi connectivity index (χ4v) is 4.35. The van der Waals surface area contributed by atoms with Crippen molar-refractivity contribution in [1.29, 1.82) is 0 Å². The fraction of sp³-hybridized carbons (Fsp3) is 0.636. The van der Waals surface area contributed by atoms with Gasteiger partial charge in [-0.15, -0.1) is 0 Å². The molecule has 0 spiro atoms. The van der Waals surface area contributed by atoms with E-state index in [1.165, 1.54) is 12.1 Å². The fourth-order valence-electron chi connectivity index (χ4n) is 4.35. The maximum absolute atomic E-state index is 13.1. The molecule has 7 heteroatoms. The molecule has 3 rings (SSSR count). The monoisotopic (exact) mass is 404 g/mol. The third-order valence-corrected chi connectivity index (χ3v) is 6.20. The van der Waals surface area contributed by atoms with Crippen molar-refractivity contribution in [3.8, 4) is 0 Å². The number of hydrogen-bond donors (Lipinski definition) is 1. The molecule has 2 aliphatic rings. The molecule has 1 N–H and O–H groups in total. The van der Waals surface area contributed by atoms with Crippen LogP contribution in [0.3, 0.4) is 0 Å². The Kier molecular flexibility index (Phi) is 7.47. The third kappa shape index (κ3) is 5.47. The summed E-state index contributed by atoms with van der Waals surface area (Å²) in [6.07, 6.45) is 2.19. The lowest BCUT2D eigenvalue weighted by Crippen LogP contribution is -2.48. The van der Waals surface area contributed by atoms with Gasteiger partial charge in [0.15, 0.2) is 0 Å². The Morgan fingerprint density at radius 2 is 1.79 bits per heavy atom. The quantitative estimate of drug-likeness (QED) is 0.721. The smallest absolute Gasteiger partial charge is 0.225 e. The molecule has 0 bridgehead atoms. The summed E-state index contributed by atoms with van der Waals surface area (Å²) in [5, 5.41) is 3.02. The lowest BCUT2D eigenvalue weighted by atomic mass is 10.1. The number of anilines is 1. The maximum atomic E-state index is 13.1. The number of nitrogens with zero attached hydrogens (tertiary/aromatic N) is 3. The highest BCUT2D eigenvalue weighted by Crippen LogP contribution is 2.23. The van der Waals surface area contributed by atoms with E-state index in [0.717, 1.165) is 51.3 Å². The van der Waals surface area contributed by atoms with Crippen LogP contribution >= 0.6 is 0 Å². The van der Waals surface area contributed by atoms with E-state index in [1.807, 2.05) is 17.0 Å². The Morgan fingerprint density at radius 3 is 2.41 bits per heavy atom. The van der Waals surface area contributed by atoms with E-state index in [4.69, 9.17) is 0 Å². The highest BCUT2D eigenvalue weighted by atomic mass is 19.1. The van der Waals surface area contributed by atoms with Gasteiger partial charge in [0.05, 0.1) is 5.92 Å². The second-order valence-corrected chi connectivity index (χ2v) is 8.01. The number of hydrogen-bond acceptors (Lipinski definition) is 4. The van der Waals surface area contributed by atoms with Gasteiger partial charge in [-0.3, -0.25) is 14.5 Å². The zero-order valence-electron chi connectivity index (χ0n) is 17.6. The van der Waals surface area contributed by atoms with Gasteiger partial charge in [0.2, 0.25) is 11.8 Å². The molecule has 2 amide bonds. The Hall–Kier alpha value is -2.15. The second-order valence-electron chi connectivity index (χ2n) is 8.01. The summed E-state index contributed by atoms with van der Waals surface area (Å²) < 4.78 is 13.1. The summed E-state index contributed by atoms with van der Waals surface area (Å²) in [5.41, 5.74) is 1.05. The summed E-state index contributed by atoms with van der Waals surface area (Å²) in [4.78, 5) is 31.2. The molecule has 0 saturated carbocycles. The second kappa shape index (κ2) is 10.1. The van der Waals surface area contributed by atoms with Gasteiger partial charge in [-0.2, -0.15) is 0 Å². The van der Waals surface area contributed by atoms with Gasteiger partial charge >= 0.3 is 0 Å². The highest BCUT2D eigenvalue weighted by molar-refractivity contribution is 5.89. The molecule has 0 radical (unpaired) electrons. The van der Waals surface area contributed by atoms with Crippen molar-refractivity contribution < 1.29 is 14.0 Å². The number of amides is 2. The van der Waals surface area contributed by atoms with Crippen LogP contribution in [0.25, 0.3) is 0 Å². The van der Waals surface area contributed by atoms with Gasteiger partial charge in [-0.05, 0) is 37.1 Å². The summed E-state index contributed by atoms with van der Waals surface area (Å²) >= 11 is 0. The van der Waals surface area contributed by atoms with Gasteiger partial charge in [0.25, 0.3) is 0 Å². The lowest BCUT2D eigenvalue weighted by Gasteiger charge is -2.36. The molecular weight excluding hydrogens is 371 g/mol. The first kappa shape index (κ1) is 21.6. The van der Waals surface area contributed by atoms with Crippen molar-refractivity contribution in [2.45, 2.75) is 39.2 Å². The van der Waals surface area contributed by atoms with Crippen LogP contribution in [0.5, 0.6) is 0 Å². The minimum Gasteiger partial charge on any atom is -0.369 e. The summed E-state index contributed by atoms with van der Waals surface area (Å²) in [7, 11) is 0. The molecule has 1 aromatic rings. The first-order chi connectivity index (χ1) is 14.0. The third-order valence-electron chi connectivity index (χ3n) is 6.20. The van der Waals surface area contributed by atoms with Crippen LogP contribution in [-0.4, -0.2) is 73.5 Å².